The van der Waals surface area contributed by atoms with E-state index in [1.165, 1.54) is 6.20 Å². The predicted molar refractivity (Wildman–Crippen MR) is 139 cm³/mol. The number of rotatable bonds is 15. The van der Waals surface area contributed by atoms with Gasteiger partial charge in [0, 0.05) is 12.6 Å². The first-order valence-corrected chi connectivity index (χ1v) is 12.0. The molecule has 2 aromatic heterocycles. The highest BCUT2D eigenvalue weighted by atomic mass is 16.5. The number of nitrogen functional groups attached to an aromatic ring is 2. The van der Waals surface area contributed by atoms with Gasteiger partial charge in [-0.1, -0.05) is 39.5 Å². The van der Waals surface area contributed by atoms with Crippen LogP contribution >= 0.6 is 0 Å². The Bertz CT molecular complexity index is 843. The summed E-state index contributed by atoms with van der Waals surface area (Å²) in [6, 6.07) is 0.122. The lowest BCUT2D eigenvalue weighted by atomic mass is 10.1. The van der Waals surface area contributed by atoms with Crippen molar-refractivity contribution in [1.29, 1.82) is 0 Å². The van der Waals surface area contributed by atoms with Crippen molar-refractivity contribution in [2.75, 3.05) is 49.5 Å². The molecule has 0 aromatic carbocycles. The molecule has 2 heterocycles. The quantitative estimate of drug-likeness (QED) is 0.213. The van der Waals surface area contributed by atoms with Gasteiger partial charge >= 0.3 is 0 Å². The normalized spacial score (nSPS) is 12.2. The van der Waals surface area contributed by atoms with Crippen LogP contribution in [-0.2, 0) is 0 Å². The summed E-state index contributed by atoms with van der Waals surface area (Å²) < 4.78 is 10.3. The summed E-state index contributed by atoms with van der Waals surface area (Å²) in [6.07, 6.45) is 9.92. The van der Waals surface area contributed by atoms with Crippen LogP contribution < -0.4 is 31.6 Å². The average Bonchev–Trinajstić information content (AvgIpc) is 2.86. The van der Waals surface area contributed by atoms with Gasteiger partial charge in [0.15, 0.2) is 23.1 Å². The van der Waals surface area contributed by atoms with Crippen LogP contribution in [0.15, 0.2) is 12.4 Å². The van der Waals surface area contributed by atoms with Crippen LogP contribution in [0.4, 0.5) is 23.5 Å². The molecule has 12 heteroatoms. The third-order valence-corrected chi connectivity index (χ3v) is 5.18. The number of anilines is 4. The first-order chi connectivity index (χ1) is 16.9. The Morgan fingerprint density at radius 2 is 1.26 bits per heavy atom. The molecule has 0 amide bonds. The third kappa shape index (κ3) is 11.2. The highest BCUT2D eigenvalue weighted by Crippen LogP contribution is 2.24. The second-order valence-corrected chi connectivity index (χ2v) is 7.95. The monoisotopic (exact) mass is 494 g/mol. The first kappa shape index (κ1) is 29.9. The van der Waals surface area contributed by atoms with Gasteiger partial charge in [-0.2, -0.15) is 9.97 Å². The number of nitrogens with two attached hydrogens (primary N) is 2. The van der Waals surface area contributed by atoms with Gasteiger partial charge in [-0.15, -0.1) is 0 Å². The van der Waals surface area contributed by atoms with Crippen molar-refractivity contribution in [2.45, 2.75) is 70.9 Å². The average molecular weight is 495 g/mol. The summed E-state index contributed by atoms with van der Waals surface area (Å²) in [4.78, 5) is 15.9. The standard InChI is InChI=1S/C12H22N4O2.C11H20N4O2/c1-3-4-5-9(6-7-17)15-11-10(18-2)8-14-12(13)16-11;1-3-4-5-8(7-16)14-10-9(17-2)6-13-11(12)15-10/h8-9,17H,3-7H2,1-2H3,(H3,13,14,15,16);6,8,16H,3-5,7H2,1-2H3,(H3,12,13,14,15)/t9-;8-/m01/s1. The number of aromatic nitrogens is 4. The summed E-state index contributed by atoms with van der Waals surface area (Å²) in [5.74, 6) is 2.57. The van der Waals surface area contributed by atoms with Gasteiger partial charge < -0.3 is 41.8 Å². The van der Waals surface area contributed by atoms with Crippen molar-refractivity contribution < 1.29 is 19.7 Å². The Morgan fingerprint density at radius 3 is 1.66 bits per heavy atom. The summed E-state index contributed by atoms with van der Waals surface area (Å²) in [5, 5.41) is 24.7. The van der Waals surface area contributed by atoms with E-state index < -0.39 is 0 Å². The number of hydrogen-bond donors (Lipinski definition) is 6. The lowest BCUT2D eigenvalue weighted by Gasteiger charge is -2.19. The lowest BCUT2D eigenvalue weighted by molar-refractivity contribution is 0.266. The minimum atomic E-state index is -0.0434. The van der Waals surface area contributed by atoms with E-state index in [4.69, 9.17) is 26.0 Å². The second-order valence-electron chi connectivity index (χ2n) is 7.95. The Kier molecular flexibility index (Phi) is 14.8. The molecule has 0 radical (unpaired) electrons. The summed E-state index contributed by atoms with van der Waals surface area (Å²) in [6.45, 7) is 4.44. The van der Waals surface area contributed by atoms with Crippen molar-refractivity contribution >= 4 is 23.5 Å². The molecule has 198 valence electrons. The van der Waals surface area contributed by atoms with E-state index in [0.29, 0.717) is 29.6 Å². The van der Waals surface area contributed by atoms with Crippen molar-refractivity contribution in [3.63, 3.8) is 0 Å². The third-order valence-electron chi connectivity index (χ3n) is 5.18. The molecule has 0 bridgehead atoms. The summed E-state index contributed by atoms with van der Waals surface area (Å²) in [7, 11) is 3.10. The second kappa shape index (κ2) is 17.3. The molecule has 0 saturated carbocycles. The molecule has 2 aromatic rings. The fourth-order valence-corrected chi connectivity index (χ4v) is 3.22. The maximum absolute atomic E-state index is 9.27. The molecule has 0 fully saturated rings. The van der Waals surface area contributed by atoms with Crippen LogP contribution in [0.3, 0.4) is 0 Å². The maximum atomic E-state index is 9.27. The van der Waals surface area contributed by atoms with Crippen LogP contribution in [0.1, 0.15) is 58.8 Å². The van der Waals surface area contributed by atoms with E-state index >= 15 is 0 Å². The molecule has 0 aliphatic heterocycles. The molecule has 2 atom stereocenters. The van der Waals surface area contributed by atoms with E-state index in [2.05, 4.69) is 44.4 Å². The summed E-state index contributed by atoms with van der Waals surface area (Å²) in [5.41, 5.74) is 11.1. The van der Waals surface area contributed by atoms with Gasteiger partial charge in [-0.25, -0.2) is 9.97 Å². The van der Waals surface area contributed by atoms with Gasteiger partial charge in [-0.3, -0.25) is 0 Å². The molecule has 0 unspecified atom stereocenters. The van der Waals surface area contributed by atoms with Crippen LogP contribution in [-0.4, -0.2) is 69.7 Å². The maximum Gasteiger partial charge on any atom is 0.222 e. The van der Waals surface area contributed by atoms with Gasteiger partial charge in [0.05, 0.1) is 39.3 Å². The zero-order valence-corrected chi connectivity index (χ0v) is 21.3. The van der Waals surface area contributed by atoms with E-state index in [9.17, 15) is 5.11 Å². The zero-order valence-electron chi connectivity index (χ0n) is 21.3. The Hall–Kier alpha value is -3.12. The molecule has 12 nitrogen and oxygen atoms in total. The Balaban J connectivity index is 0.000000351. The summed E-state index contributed by atoms with van der Waals surface area (Å²) >= 11 is 0. The number of hydrogen-bond acceptors (Lipinski definition) is 12. The Morgan fingerprint density at radius 1 is 0.800 bits per heavy atom. The van der Waals surface area contributed by atoms with E-state index in [1.807, 2.05) is 0 Å². The number of aliphatic hydroxyl groups excluding tert-OH is 2. The van der Waals surface area contributed by atoms with Crippen LogP contribution in [0, 0.1) is 0 Å². The Labute approximate surface area is 207 Å². The predicted octanol–water partition coefficient (Wildman–Crippen LogP) is 2.45. The van der Waals surface area contributed by atoms with Crippen LogP contribution in [0.25, 0.3) is 0 Å². The van der Waals surface area contributed by atoms with Crippen LogP contribution in [0.5, 0.6) is 11.5 Å². The van der Waals surface area contributed by atoms with E-state index in [-0.39, 0.29) is 37.2 Å². The van der Waals surface area contributed by atoms with Crippen molar-refractivity contribution in [2.24, 2.45) is 0 Å². The molecule has 35 heavy (non-hydrogen) atoms. The molecule has 8 N–H and O–H groups in total. The number of nitrogens with zero attached hydrogens (tertiary/aromatic N) is 4. The van der Waals surface area contributed by atoms with E-state index in [0.717, 1.165) is 38.5 Å². The smallest absolute Gasteiger partial charge is 0.222 e. The minimum Gasteiger partial charge on any atom is -0.491 e. The number of unbranched alkanes of at least 4 members (excludes halogenated alkanes) is 2. The fourth-order valence-electron chi connectivity index (χ4n) is 3.22. The molecule has 0 aliphatic carbocycles. The number of ether oxygens (including phenoxy) is 2. The van der Waals surface area contributed by atoms with Crippen molar-refractivity contribution in [3.05, 3.63) is 12.4 Å². The molecule has 0 spiro atoms. The van der Waals surface area contributed by atoms with Crippen molar-refractivity contribution in [1.82, 2.24) is 19.9 Å². The van der Waals surface area contributed by atoms with Gasteiger partial charge in [-0.05, 0) is 19.3 Å². The number of methoxy groups -OCH3 is 2. The SMILES string of the molecule is CCCC[C@@H](CCO)Nc1nc(N)ncc1OC.CCCC[C@H](CO)Nc1nc(N)ncc1OC. The van der Waals surface area contributed by atoms with Gasteiger partial charge in [0.1, 0.15) is 0 Å². The molecule has 2 rings (SSSR count). The van der Waals surface area contributed by atoms with Crippen LogP contribution in [0.2, 0.25) is 0 Å². The zero-order chi connectivity index (χ0) is 26.1. The molecular formula is C23H42N8O4. The van der Waals surface area contributed by atoms with Gasteiger partial charge in [0.2, 0.25) is 11.9 Å². The number of nitrogens with one attached hydrogen (secondary N) is 2. The topological polar surface area (TPSA) is 187 Å². The highest BCUT2D eigenvalue weighted by molar-refractivity contribution is 5.52. The van der Waals surface area contributed by atoms with Crippen molar-refractivity contribution in [3.8, 4) is 11.5 Å². The number of aliphatic hydroxyl groups is 2. The lowest BCUT2D eigenvalue weighted by Crippen LogP contribution is -2.24. The first-order valence-electron chi connectivity index (χ1n) is 12.0. The highest BCUT2D eigenvalue weighted by Gasteiger charge is 2.13. The molecular weight excluding hydrogens is 452 g/mol. The minimum absolute atomic E-state index is 0.0434. The molecule has 0 aliphatic rings. The molecule has 0 saturated heterocycles. The van der Waals surface area contributed by atoms with E-state index in [1.54, 1.807) is 20.4 Å². The largest absolute Gasteiger partial charge is 0.491 e. The van der Waals surface area contributed by atoms with Gasteiger partial charge in [0.25, 0.3) is 0 Å². The fraction of sp³-hybridized carbons (Fsp3) is 0.652.